The minimum Gasteiger partial charge on any atom is -0.263 e. The average molecular weight is 378 g/mol. The third-order valence-corrected chi connectivity index (χ3v) is 5.08. The Balaban J connectivity index is 1.55. The van der Waals surface area contributed by atoms with Crippen molar-refractivity contribution in [3.05, 3.63) is 77.4 Å². The van der Waals surface area contributed by atoms with Crippen LogP contribution in [0.5, 0.6) is 0 Å². The minimum atomic E-state index is -3.72. The smallest absolute Gasteiger partial charge is 0.240 e. The first kappa shape index (κ1) is 18.2. The van der Waals surface area contributed by atoms with Gasteiger partial charge in [-0.25, -0.2) is 26.9 Å². The van der Waals surface area contributed by atoms with Crippen LogP contribution in [0.4, 0.5) is 8.78 Å². The Hall–Kier alpha value is -2.65. The fourth-order valence-electron chi connectivity index (χ4n) is 2.36. The van der Waals surface area contributed by atoms with Gasteiger partial charge in [0.1, 0.15) is 17.5 Å². The van der Waals surface area contributed by atoms with E-state index in [4.69, 9.17) is 0 Å². The summed E-state index contributed by atoms with van der Waals surface area (Å²) in [6.45, 7) is 0.0942. The van der Waals surface area contributed by atoms with Gasteiger partial charge in [-0.1, -0.05) is 12.1 Å². The van der Waals surface area contributed by atoms with Crippen LogP contribution in [0.1, 0.15) is 17.2 Å². The maximum Gasteiger partial charge on any atom is 0.240 e. The van der Waals surface area contributed by atoms with Crippen LogP contribution in [-0.2, 0) is 22.9 Å². The molecule has 1 aromatic heterocycles. The summed E-state index contributed by atoms with van der Waals surface area (Å²) in [5, 5.41) is 6.78. The predicted molar refractivity (Wildman–Crippen MR) is 90.9 cm³/mol. The zero-order valence-electron chi connectivity index (χ0n) is 13.6. The van der Waals surface area contributed by atoms with Gasteiger partial charge in [-0.2, -0.15) is 5.10 Å². The number of nitrogens with one attached hydrogen (secondary N) is 2. The lowest BCUT2D eigenvalue weighted by Gasteiger charge is -2.05. The Labute approximate surface area is 149 Å². The molecule has 26 heavy (non-hydrogen) atoms. The van der Waals surface area contributed by atoms with Crippen LogP contribution in [0.15, 0.2) is 53.4 Å². The topological polar surface area (TPSA) is 87.7 Å². The van der Waals surface area contributed by atoms with Gasteiger partial charge >= 0.3 is 0 Å². The van der Waals surface area contributed by atoms with Crippen molar-refractivity contribution in [3.63, 3.8) is 0 Å². The van der Waals surface area contributed by atoms with E-state index in [1.807, 2.05) is 0 Å². The summed E-state index contributed by atoms with van der Waals surface area (Å²) in [5.41, 5.74) is 0.754. The molecule has 0 aliphatic carbocycles. The van der Waals surface area contributed by atoms with E-state index >= 15 is 0 Å². The molecule has 0 atom stereocenters. The van der Waals surface area contributed by atoms with Crippen molar-refractivity contribution >= 4 is 10.0 Å². The molecule has 0 unspecified atom stereocenters. The maximum absolute atomic E-state index is 13.2. The van der Waals surface area contributed by atoms with Crippen molar-refractivity contribution in [1.29, 1.82) is 0 Å². The van der Waals surface area contributed by atoms with E-state index in [2.05, 4.69) is 19.9 Å². The molecule has 9 heteroatoms. The fourth-order valence-corrected chi connectivity index (χ4v) is 3.39. The number of benzene rings is 2. The lowest BCUT2D eigenvalue weighted by molar-refractivity contribution is 0.580. The van der Waals surface area contributed by atoms with Gasteiger partial charge in [0, 0.05) is 19.4 Å². The van der Waals surface area contributed by atoms with E-state index in [1.54, 1.807) is 12.1 Å². The lowest BCUT2D eigenvalue weighted by atomic mass is 10.1. The van der Waals surface area contributed by atoms with E-state index in [-0.39, 0.29) is 23.7 Å². The summed E-state index contributed by atoms with van der Waals surface area (Å²) in [4.78, 5) is 4.25. The molecule has 0 saturated heterocycles. The van der Waals surface area contributed by atoms with Crippen molar-refractivity contribution in [2.24, 2.45) is 0 Å². The van der Waals surface area contributed by atoms with Gasteiger partial charge < -0.3 is 0 Å². The zero-order chi connectivity index (χ0) is 18.6. The summed E-state index contributed by atoms with van der Waals surface area (Å²) in [6.07, 6.45) is 0.673. The SMILES string of the molecule is O=S(=O)(NCCc1n[nH]c(Cc2cccc(F)c2)n1)c1ccc(F)cc1. The quantitative estimate of drug-likeness (QED) is 0.660. The fraction of sp³-hybridized carbons (Fsp3) is 0.176. The monoisotopic (exact) mass is 378 g/mol. The highest BCUT2D eigenvalue weighted by Crippen LogP contribution is 2.10. The van der Waals surface area contributed by atoms with Crippen molar-refractivity contribution in [3.8, 4) is 0 Å². The van der Waals surface area contributed by atoms with Gasteiger partial charge in [-0.05, 0) is 42.0 Å². The largest absolute Gasteiger partial charge is 0.263 e. The molecule has 0 spiro atoms. The highest BCUT2D eigenvalue weighted by Gasteiger charge is 2.14. The summed E-state index contributed by atoms with van der Waals surface area (Å²) in [5.74, 6) is 0.179. The van der Waals surface area contributed by atoms with Crippen LogP contribution < -0.4 is 4.72 Å². The maximum atomic E-state index is 13.2. The number of sulfonamides is 1. The van der Waals surface area contributed by atoms with Crippen molar-refractivity contribution in [2.45, 2.75) is 17.7 Å². The second kappa shape index (κ2) is 7.71. The number of nitrogens with zero attached hydrogens (tertiary/aromatic N) is 2. The Morgan fingerprint density at radius 3 is 2.54 bits per heavy atom. The molecule has 0 radical (unpaired) electrons. The summed E-state index contributed by atoms with van der Waals surface area (Å²) >= 11 is 0. The van der Waals surface area contributed by atoms with Crippen molar-refractivity contribution < 1.29 is 17.2 Å². The second-order valence-corrected chi connectivity index (χ2v) is 7.37. The first-order chi connectivity index (χ1) is 12.4. The Morgan fingerprint density at radius 1 is 1.04 bits per heavy atom. The molecule has 0 amide bonds. The molecule has 3 aromatic rings. The molecular formula is C17H16F2N4O2S. The predicted octanol–water partition coefficient (Wildman–Crippen LogP) is 2.19. The van der Waals surface area contributed by atoms with Crippen LogP contribution in [0.25, 0.3) is 0 Å². The Kier molecular flexibility index (Phi) is 5.38. The highest BCUT2D eigenvalue weighted by molar-refractivity contribution is 7.89. The number of aromatic nitrogens is 3. The number of hydrogen-bond donors (Lipinski definition) is 2. The van der Waals surface area contributed by atoms with E-state index in [1.165, 1.54) is 24.3 Å². The molecule has 0 aliphatic heterocycles. The third-order valence-electron chi connectivity index (χ3n) is 3.60. The molecule has 2 aromatic carbocycles. The van der Waals surface area contributed by atoms with Crippen LogP contribution in [0.3, 0.4) is 0 Å². The van der Waals surface area contributed by atoms with Crippen LogP contribution in [0, 0.1) is 11.6 Å². The number of aromatic amines is 1. The van der Waals surface area contributed by atoms with Crippen molar-refractivity contribution in [2.75, 3.05) is 6.54 Å². The molecule has 2 N–H and O–H groups in total. The van der Waals surface area contributed by atoms with E-state index < -0.39 is 15.8 Å². The number of hydrogen-bond acceptors (Lipinski definition) is 4. The van der Waals surface area contributed by atoms with Gasteiger partial charge in [0.15, 0.2) is 5.82 Å². The Bertz CT molecular complexity index is 988. The average Bonchev–Trinajstić information content (AvgIpc) is 3.02. The molecule has 0 bridgehead atoms. The van der Waals surface area contributed by atoms with Crippen molar-refractivity contribution in [1.82, 2.24) is 19.9 Å². The molecular weight excluding hydrogens is 362 g/mol. The summed E-state index contributed by atoms with van der Waals surface area (Å²) in [7, 11) is -3.72. The second-order valence-electron chi connectivity index (χ2n) is 5.61. The first-order valence-corrected chi connectivity index (χ1v) is 9.30. The van der Waals surface area contributed by atoms with Gasteiger partial charge in [0.2, 0.25) is 10.0 Å². The number of halogens is 2. The molecule has 0 aliphatic rings. The normalized spacial score (nSPS) is 11.6. The van der Waals surface area contributed by atoms with E-state index in [0.717, 1.165) is 17.7 Å². The number of H-pyrrole nitrogens is 1. The van der Waals surface area contributed by atoms with Gasteiger partial charge in [-0.15, -0.1) is 0 Å². The molecule has 0 saturated carbocycles. The highest BCUT2D eigenvalue weighted by atomic mass is 32.2. The van der Waals surface area contributed by atoms with Gasteiger partial charge in [0.25, 0.3) is 0 Å². The molecule has 0 fully saturated rings. The van der Waals surface area contributed by atoms with Gasteiger partial charge in [-0.3, -0.25) is 5.10 Å². The summed E-state index contributed by atoms with van der Waals surface area (Å²) < 4.78 is 52.7. The minimum absolute atomic E-state index is 0.0133. The zero-order valence-corrected chi connectivity index (χ0v) is 14.4. The van der Waals surface area contributed by atoms with E-state index in [9.17, 15) is 17.2 Å². The van der Waals surface area contributed by atoms with Crippen LogP contribution in [-0.4, -0.2) is 30.1 Å². The van der Waals surface area contributed by atoms with Crippen LogP contribution in [0.2, 0.25) is 0 Å². The molecule has 6 nitrogen and oxygen atoms in total. The van der Waals surface area contributed by atoms with Gasteiger partial charge in [0.05, 0.1) is 4.90 Å². The lowest BCUT2D eigenvalue weighted by Crippen LogP contribution is -2.26. The Morgan fingerprint density at radius 2 is 1.81 bits per heavy atom. The first-order valence-electron chi connectivity index (χ1n) is 7.82. The van der Waals surface area contributed by atoms with E-state index in [0.29, 0.717) is 18.1 Å². The summed E-state index contributed by atoms with van der Waals surface area (Å²) in [6, 6.07) is 10.7. The standard InChI is InChI=1S/C17H16F2N4O2S/c18-13-4-6-15(7-5-13)26(24,25)20-9-8-16-21-17(23-22-16)11-12-2-1-3-14(19)10-12/h1-7,10,20H,8-9,11H2,(H,21,22,23). The van der Waals surface area contributed by atoms with Crippen LogP contribution >= 0.6 is 0 Å². The molecule has 3 rings (SSSR count). The third kappa shape index (κ3) is 4.70. The molecule has 1 heterocycles. The molecule has 136 valence electrons. The number of rotatable bonds is 7.